The first-order valence-corrected chi connectivity index (χ1v) is 8.10. The van der Waals surface area contributed by atoms with Crippen molar-refractivity contribution in [2.24, 2.45) is 0 Å². The maximum atomic E-state index is 5.80. The standard InChI is InChI=1S/C19H21N3OS/c1-3-11-20-19(24)22-21-13-16-7-9-18(10-8-16)23-14-17-6-4-5-15(2)12-17/h3-10,12-13H,1,11,14H2,2H3,(H2,20,22,24)/p+1. The molecule has 0 aromatic heterocycles. The summed E-state index contributed by atoms with van der Waals surface area (Å²) in [5, 5.41) is 6.42. The quantitative estimate of drug-likeness (QED) is 0.310. The number of hydrazone groups is 1. The van der Waals surface area contributed by atoms with E-state index in [4.69, 9.17) is 17.0 Å². The highest BCUT2D eigenvalue weighted by Gasteiger charge is 1.99. The molecular weight excluding hydrogens is 318 g/mol. The summed E-state index contributed by atoms with van der Waals surface area (Å²) in [5.74, 6) is 0.838. The number of hydrazine groups is 1. The normalized spacial score (nSPS) is 10.4. The SMILES string of the molecule is C=CCNC(=S)N[NH+]=Cc1ccc(OCc2cccc(C)c2)cc1. The number of benzene rings is 2. The summed E-state index contributed by atoms with van der Waals surface area (Å²) in [5.41, 5.74) is 6.28. The molecule has 0 bridgehead atoms. The zero-order chi connectivity index (χ0) is 17.2. The fourth-order valence-corrected chi connectivity index (χ4v) is 2.17. The molecule has 0 fully saturated rings. The lowest BCUT2D eigenvalue weighted by molar-refractivity contribution is -0.500. The highest BCUT2D eigenvalue weighted by atomic mass is 32.1. The number of nitrogens with one attached hydrogen (secondary N) is 3. The Bertz CT molecular complexity index is 711. The van der Waals surface area contributed by atoms with Gasteiger partial charge in [0.1, 0.15) is 12.4 Å². The third-order valence-corrected chi connectivity index (χ3v) is 3.45. The van der Waals surface area contributed by atoms with Crippen molar-refractivity contribution in [3.8, 4) is 5.75 Å². The highest BCUT2D eigenvalue weighted by Crippen LogP contribution is 2.13. The van der Waals surface area contributed by atoms with Crippen molar-refractivity contribution in [2.45, 2.75) is 13.5 Å². The molecule has 4 nitrogen and oxygen atoms in total. The molecule has 24 heavy (non-hydrogen) atoms. The summed E-state index contributed by atoms with van der Waals surface area (Å²) in [6, 6.07) is 16.1. The van der Waals surface area contributed by atoms with Gasteiger partial charge in [-0.1, -0.05) is 35.9 Å². The molecule has 2 aromatic carbocycles. The van der Waals surface area contributed by atoms with Crippen LogP contribution in [-0.4, -0.2) is 17.9 Å². The van der Waals surface area contributed by atoms with Crippen LogP contribution in [0.25, 0.3) is 0 Å². The van der Waals surface area contributed by atoms with Crippen LogP contribution in [0, 0.1) is 6.92 Å². The van der Waals surface area contributed by atoms with Crippen LogP contribution in [0.1, 0.15) is 16.7 Å². The summed E-state index contributed by atoms with van der Waals surface area (Å²) in [6.07, 6.45) is 3.57. The Hall–Kier alpha value is -2.66. The highest BCUT2D eigenvalue weighted by molar-refractivity contribution is 7.80. The molecule has 0 spiro atoms. The molecule has 3 N–H and O–H groups in total. The van der Waals surface area contributed by atoms with E-state index in [9.17, 15) is 0 Å². The van der Waals surface area contributed by atoms with E-state index in [1.165, 1.54) is 5.56 Å². The maximum absolute atomic E-state index is 5.80. The molecule has 0 aliphatic carbocycles. The fourth-order valence-electron chi connectivity index (χ4n) is 2.02. The second-order valence-electron chi connectivity index (χ2n) is 5.26. The second-order valence-corrected chi connectivity index (χ2v) is 5.67. The predicted octanol–water partition coefficient (Wildman–Crippen LogP) is 1.64. The van der Waals surface area contributed by atoms with Crippen molar-refractivity contribution in [1.29, 1.82) is 0 Å². The Kier molecular flexibility index (Phi) is 6.98. The van der Waals surface area contributed by atoms with Crippen LogP contribution in [0.2, 0.25) is 0 Å². The minimum Gasteiger partial charge on any atom is -0.489 e. The van der Waals surface area contributed by atoms with Gasteiger partial charge in [-0.25, -0.2) is 0 Å². The molecule has 0 aliphatic rings. The zero-order valence-electron chi connectivity index (χ0n) is 13.7. The van der Waals surface area contributed by atoms with E-state index in [0.717, 1.165) is 16.9 Å². The Balaban J connectivity index is 1.82. The van der Waals surface area contributed by atoms with Gasteiger partial charge in [0, 0.05) is 12.1 Å². The summed E-state index contributed by atoms with van der Waals surface area (Å²) >= 11 is 5.07. The van der Waals surface area contributed by atoms with Crippen molar-refractivity contribution in [3.63, 3.8) is 0 Å². The van der Waals surface area contributed by atoms with E-state index in [1.807, 2.05) is 36.5 Å². The van der Waals surface area contributed by atoms with Gasteiger partial charge in [0.05, 0.1) is 0 Å². The van der Waals surface area contributed by atoms with Gasteiger partial charge in [0.15, 0.2) is 6.21 Å². The number of hydrogen-bond donors (Lipinski definition) is 3. The molecule has 0 heterocycles. The average molecular weight is 340 g/mol. The largest absolute Gasteiger partial charge is 0.489 e. The number of rotatable bonds is 7. The van der Waals surface area contributed by atoms with Gasteiger partial charge < -0.3 is 10.1 Å². The number of ether oxygens (including phenoxy) is 1. The van der Waals surface area contributed by atoms with Gasteiger partial charge >= 0.3 is 0 Å². The first kappa shape index (κ1) is 17.7. The number of thiocarbonyl (C=S) groups is 1. The van der Waals surface area contributed by atoms with Gasteiger partial charge in [-0.15, -0.1) is 17.1 Å². The lowest BCUT2D eigenvalue weighted by Gasteiger charge is -2.06. The van der Waals surface area contributed by atoms with Gasteiger partial charge in [0.25, 0.3) is 0 Å². The van der Waals surface area contributed by atoms with Gasteiger partial charge in [-0.2, -0.15) is 0 Å². The van der Waals surface area contributed by atoms with E-state index in [0.29, 0.717) is 18.3 Å². The van der Waals surface area contributed by atoms with Crippen LogP contribution in [0.15, 0.2) is 61.2 Å². The minimum atomic E-state index is 0.518. The Morgan fingerprint density at radius 2 is 2.04 bits per heavy atom. The summed E-state index contributed by atoms with van der Waals surface area (Å²) < 4.78 is 5.80. The third-order valence-electron chi connectivity index (χ3n) is 3.20. The first-order chi connectivity index (χ1) is 11.7. The van der Waals surface area contributed by atoms with Crippen molar-refractivity contribution in [2.75, 3.05) is 6.54 Å². The molecule has 0 saturated heterocycles. The average Bonchev–Trinajstić information content (AvgIpc) is 2.59. The minimum absolute atomic E-state index is 0.518. The lowest BCUT2D eigenvalue weighted by atomic mass is 10.1. The molecule has 0 saturated carbocycles. The van der Waals surface area contributed by atoms with Gasteiger partial charge in [0.2, 0.25) is 5.11 Å². The maximum Gasteiger partial charge on any atom is 0.224 e. The Morgan fingerprint density at radius 1 is 1.25 bits per heavy atom. The topological polar surface area (TPSA) is 47.3 Å². The first-order valence-electron chi connectivity index (χ1n) is 7.69. The summed E-state index contributed by atoms with van der Waals surface area (Å²) in [7, 11) is 0. The molecule has 0 unspecified atom stereocenters. The molecule has 0 amide bonds. The molecule has 2 aromatic rings. The van der Waals surface area contributed by atoms with Gasteiger partial charge in [-0.05, 0) is 49.0 Å². The van der Waals surface area contributed by atoms with Crippen molar-refractivity contribution in [1.82, 2.24) is 10.7 Å². The van der Waals surface area contributed by atoms with Crippen molar-refractivity contribution in [3.05, 3.63) is 77.9 Å². The molecule has 5 heteroatoms. The second kappa shape index (κ2) is 9.47. The molecule has 2 rings (SSSR count). The predicted molar refractivity (Wildman–Crippen MR) is 102 cm³/mol. The van der Waals surface area contributed by atoms with E-state index in [2.05, 4.69) is 47.5 Å². The number of aryl methyl sites for hydroxylation is 1. The van der Waals surface area contributed by atoms with Crippen molar-refractivity contribution >= 4 is 23.5 Å². The lowest BCUT2D eigenvalue weighted by Crippen LogP contribution is -2.82. The van der Waals surface area contributed by atoms with Crippen LogP contribution in [0.5, 0.6) is 5.75 Å². The van der Waals surface area contributed by atoms with Crippen LogP contribution >= 0.6 is 12.2 Å². The number of hydrogen-bond acceptors (Lipinski definition) is 2. The Morgan fingerprint density at radius 3 is 2.75 bits per heavy atom. The summed E-state index contributed by atoms with van der Waals surface area (Å²) in [4.78, 5) is 0. The van der Waals surface area contributed by atoms with Crippen LogP contribution in [-0.2, 0) is 6.61 Å². The van der Waals surface area contributed by atoms with Crippen LogP contribution in [0.4, 0.5) is 0 Å². The Labute approximate surface area is 148 Å². The monoisotopic (exact) mass is 340 g/mol. The van der Waals surface area contributed by atoms with E-state index in [-0.39, 0.29) is 0 Å². The van der Waals surface area contributed by atoms with E-state index >= 15 is 0 Å². The third kappa shape index (κ3) is 6.22. The smallest absolute Gasteiger partial charge is 0.224 e. The molecule has 0 radical (unpaired) electrons. The van der Waals surface area contributed by atoms with Gasteiger partial charge in [-0.3, -0.25) is 0 Å². The summed E-state index contributed by atoms with van der Waals surface area (Å²) in [6.45, 7) is 6.88. The van der Waals surface area contributed by atoms with Crippen LogP contribution < -0.4 is 20.6 Å². The zero-order valence-corrected chi connectivity index (χ0v) is 14.5. The molecule has 0 atom stereocenters. The van der Waals surface area contributed by atoms with E-state index in [1.54, 1.807) is 6.08 Å². The molecule has 0 aliphatic heterocycles. The van der Waals surface area contributed by atoms with E-state index < -0.39 is 0 Å². The van der Waals surface area contributed by atoms with Crippen LogP contribution in [0.3, 0.4) is 0 Å². The molecular formula is C19H22N3OS+. The fraction of sp³-hybridized carbons (Fsp3) is 0.158. The van der Waals surface area contributed by atoms with Crippen molar-refractivity contribution < 1.29 is 9.84 Å². The molecule has 124 valence electrons.